The van der Waals surface area contributed by atoms with E-state index < -0.39 is 10.7 Å². The van der Waals surface area contributed by atoms with Crippen LogP contribution in [0, 0.1) is 15.9 Å². The normalized spacial score (nSPS) is 10.5. The second-order valence-corrected chi connectivity index (χ2v) is 4.87. The van der Waals surface area contributed by atoms with Crippen LogP contribution in [-0.4, -0.2) is 4.92 Å². The van der Waals surface area contributed by atoms with E-state index in [4.69, 9.17) is 34.8 Å². The molecule has 0 fully saturated rings. The number of nitrogens with zero attached hydrogens (tertiary/aromatic N) is 1. The minimum atomic E-state index is -0.733. The van der Waals surface area contributed by atoms with Crippen LogP contribution in [0.3, 0.4) is 0 Å². The van der Waals surface area contributed by atoms with Gasteiger partial charge in [0, 0.05) is 11.6 Å². The average Bonchev–Trinajstić information content (AvgIpc) is 2.35. The van der Waals surface area contributed by atoms with E-state index in [0.29, 0.717) is 5.56 Å². The van der Waals surface area contributed by atoms with Gasteiger partial charge in [0.2, 0.25) is 0 Å². The molecule has 0 saturated heterocycles. The Labute approximate surface area is 122 Å². The quantitative estimate of drug-likeness (QED) is 0.424. The Bertz CT molecular complexity index is 653. The Morgan fingerprint density at radius 1 is 1.05 bits per heavy atom. The fraction of sp³-hybridized carbons (Fsp3) is 0. The van der Waals surface area contributed by atoms with Crippen LogP contribution < -0.4 is 0 Å². The number of nitro benzene ring substituents is 1. The summed E-state index contributed by atoms with van der Waals surface area (Å²) in [5.74, 6) is -0.733. The van der Waals surface area contributed by atoms with Gasteiger partial charge in [0.1, 0.15) is 5.82 Å². The van der Waals surface area contributed by atoms with Crippen molar-refractivity contribution in [3.05, 3.63) is 61.3 Å². The Morgan fingerprint density at radius 2 is 1.63 bits per heavy atom. The van der Waals surface area contributed by atoms with E-state index in [1.54, 1.807) is 0 Å². The first-order valence-electron chi connectivity index (χ1n) is 4.99. The van der Waals surface area contributed by atoms with Crippen molar-refractivity contribution in [3.8, 4) is 11.1 Å². The number of rotatable bonds is 2. The zero-order valence-electron chi connectivity index (χ0n) is 9.16. The van der Waals surface area contributed by atoms with Crippen LogP contribution in [0.4, 0.5) is 10.1 Å². The van der Waals surface area contributed by atoms with Gasteiger partial charge in [0.15, 0.2) is 0 Å². The number of non-ortho nitro benzene ring substituents is 1. The molecular weight excluding hydrogens is 315 g/mol. The van der Waals surface area contributed by atoms with Crippen molar-refractivity contribution in [2.45, 2.75) is 0 Å². The molecule has 0 spiro atoms. The highest BCUT2D eigenvalue weighted by atomic mass is 35.5. The summed E-state index contributed by atoms with van der Waals surface area (Å²) in [4.78, 5) is 9.86. The monoisotopic (exact) mass is 319 g/mol. The molecule has 2 aromatic rings. The van der Waals surface area contributed by atoms with Gasteiger partial charge >= 0.3 is 0 Å². The highest BCUT2D eigenvalue weighted by Gasteiger charge is 2.14. The Balaban J connectivity index is 2.56. The highest BCUT2D eigenvalue weighted by Crippen LogP contribution is 2.36. The van der Waals surface area contributed by atoms with Crippen LogP contribution in [0.2, 0.25) is 15.1 Å². The van der Waals surface area contributed by atoms with Crippen molar-refractivity contribution in [3.63, 3.8) is 0 Å². The maximum atomic E-state index is 13.8. The summed E-state index contributed by atoms with van der Waals surface area (Å²) >= 11 is 17.5. The van der Waals surface area contributed by atoms with E-state index in [1.807, 2.05) is 0 Å². The molecule has 0 aliphatic rings. The van der Waals surface area contributed by atoms with Gasteiger partial charge in [-0.05, 0) is 23.8 Å². The van der Waals surface area contributed by atoms with E-state index in [2.05, 4.69) is 0 Å². The molecule has 0 aliphatic heterocycles. The van der Waals surface area contributed by atoms with E-state index in [1.165, 1.54) is 24.3 Å². The average molecular weight is 321 g/mol. The Morgan fingerprint density at radius 3 is 2.11 bits per heavy atom. The SMILES string of the molecule is O=[N+]([O-])c1ccc(-c2cc(Cl)c(Cl)c(Cl)c2)c(F)c1. The van der Waals surface area contributed by atoms with Crippen molar-refractivity contribution in [1.29, 1.82) is 0 Å². The third-order valence-corrected chi connectivity index (χ3v) is 3.66. The van der Waals surface area contributed by atoms with Gasteiger partial charge in [0.05, 0.1) is 26.1 Å². The molecule has 3 nitrogen and oxygen atoms in total. The summed E-state index contributed by atoms with van der Waals surface area (Å²) in [6, 6.07) is 6.23. The lowest BCUT2D eigenvalue weighted by molar-refractivity contribution is -0.385. The van der Waals surface area contributed by atoms with E-state index in [-0.39, 0.29) is 26.3 Å². The summed E-state index contributed by atoms with van der Waals surface area (Å²) in [6.07, 6.45) is 0. The van der Waals surface area contributed by atoms with Crippen LogP contribution in [0.25, 0.3) is 11.1 Å². The molecule has 0 unspecified atom stereocenters. The second kappa shape index (κ2) is 5.33. The van der Waals surface area contributed by atoms with Gasteiger partial charge in [0.25, 0.3) is 5.69 Å². The van der Waals surface area contributed by atoms with Crippen LogP contribution in [0.5, 0.6) is 0 Å². The van der Waals surface area contributed by atoms with Gasteiger partial charge < -0.3 is 0 Å². The van der Waals surface area contributed by atoms with Crippen LogP contribution in [0.1, 0.15) is 0 Å². The topological polar surface area (TPSA) is 43.1 Å². The molecule has 2 rings (SSSR count). The second-order valence-electron chi connectivity index (χ2n) is 3.68. The van der Waals surface area contributed by atoms with E-state index in [0.717, 1.165) is 6.07 Å². The maximum absolute atomic E-state index is 13.8. The molecular formula is C12H5Cl3FNO2. The first kappa shape index (κ1) is 14.1. The van der Waals surface area contributed by atoms with Crippen LogP contribution in [0.15, 0.2) is 30.3 Å². The molecule has 0 amide bonds. The lowest BCUT2D eigenvalue weighted by Crippen LogP contribution is -1.91. The minimum absolute atomic E-state index is 0.158. The van der Waals surface area contributed by atoms with Crippen LogP contribution >= 0.6 is 34.8 Å². The number of halogens is 4. The molecule has 0 heterocycles. The summed E-state index contributed by atoms with van der Waals surface area (Å²) in [7, 11) is 0. The zero-order chi connectivity index (χ0) is 14.2. The summed E-state index contributed by atoms with van der Waals surface area (Å²) in [6.45, 7) is 0. The molecule has 98 valence electrons. The zero-order valence-corrected chi connectivity index (χ0v) is 11.4. The predicted octanol–water partition coefficient (Wildman–Crippen LogP) is 5.36. The summed E-state index contributed by atoms with van der Waals surface area (Å²) in [5, 5.41) is 11.1. The predicted molar refractivity (Wildman–Crippen MR) is 73.5 cm³/mol. The fourth-order valence-electron chi connectivity index (χ4n) is 1.56. The smallest absolute Gasteiger partial charge is 0.258 e. The van der Waals surface area contributed by atoms with Crippen molar-refractivity contribution in [2.75, 3.05) is 0 Å². The number of hydrogen-bond donors (Lipinski definition) is 0. The summed E-state index contributed by atoms with van der Waals surface area (Å²) in [5.41, 5.74) is 0.227. The van der Waals surface area contributed by atoms with Crippen molar-refractivity contribution < 1.29 is 9.31 Å². The van der Waals surface area contributed by atoms with Gasteiger partial charge in [-0.25, -0.2) is 4.39 Å². The molecule has 0 saturated carbocycles. The molecule has 0 N–H and O–H groups in total. The fourth-order valence-corrected chi connectivity index (χ4v) is 2.16. The third-order valence-electron chi connectivity index (χ3n) is 2.46. The standard InChI is InChI=1S/C12H5Cl3FNO2/c13-9-3-6(4-10(14)12(9)15)8-2-1-7(17(18)19)5-11(8)16/h1-5H. The third kappa shape index (κ3) is 2.81. The Hall–Kier alpha value is -1.36. The van der Waals surface area contributed by atoms with Gasteiger partial charge in [-0.2, -0.15) is 0 Å². The largest absolute Gasteiger partial charge is 0.272 e. The molecule has 0 bridgehead atoms. The Kier molecular flexibility index (Phi) is 3.94. The van der Waals surface area contributed by atoms with Crippen molar-refractivity contribution >= 4 is 40.5 Å². The van der Waals surface area contributed by atoms with Gasteiger partial charge in [-0.3, -0.25) is 10.1 Å². The molecule has 0 radical (unpaired) electrons. The number of hydrogen-bond acceptors (Lipinski definition) is 2. The van der Waals surface area contributed by atoms with Crippen LogP contribution in [-0.2, 0) is 0 Å². The van der Waals surface area contributed by atoms with Gasteiger partial charge in [-0.1, -0.05) is 34.8 Å². The van der Waals surface area contributed by atoms with E-state index >= 15 is 0 Å². The molecule has 0 atom stereocenters. The number of nitro groups is 1. The molecule has 0 aromatic heterocycles. The minimum Gasteiger partial charge on any atom is -0.258 e. The molecule has 7 heteroatoms. The molecule has 2 aromatic carbocycles. The van der Waals surface area contributed by atoms with Gasteiger partial charge in [-0.15, -0.1) is 0 Å². The molecule has 0 aliphatic carbocycles. The lowest BCUT2D eigenvalue weighted by atomic mass is 10.0. The summed E-state index contributed by atoms with van der Waals surface area (Å²) < 4.78 is 13.8. The van der Waals surface area contributed by atoms with E-state index in [9.17, 15) is 14.5 Å². The first-order chi connectivity index (χ1) is 8.90. The molecule has 19 heavy (non-hydrogen) atoms. The first-order valence-corrected chi connectivity index (χ1v) is 6.12. The highest BCUT2D eigenvalue weighted by molar-refractivity contribution is 6.48. The lowest BCUT2D eigenvalue weighted by Gasteiger charge is -2.06. The number of benzene rings is 2. The maximum Gasteiger partial charge on any atom is 0.272 e. The van der Waals surface area contributed by atoms with Crippen molar-refractivity contribution in [1.82, 2.24) is 0 Å². The van der Waals surface area contributed by atoms with Crippen molar-refractivity contribution in [2.24, 2.45) is 0 Å².